The van der Waals surface area contributed by atoms with Crippen molar-refractivity contribution in [3.63, 3.8) is 0 Å². The standard InChI is InChI=1S/C23H30N2O3/c1-17-7-8-18(14-20(17)26-2)16-25-13-11-23(27-3)10-9-19(15-21(23)25)28-22-6-4-5-12-24-22/h4-8,12,14,19,21H,9-11,13,15-16H2,1-3H3/t19-,21-,23+/m0/s1. The number of fused-ring (bicyclic) bond motifs is 1. The van der Waals surface area contributed by atoms with Gasteiger partial charge in [0.15, 0.2) is 0 Å². The molecule has 3 atom stereocenters. The van der Waals surface area contributed by atoms with Crippen molar-refractivity contribution in [1.82, 2.24) is 9.88 Å². The Bertz CT molecular complexity index is 798. The molecule has 5 heteroatoms. The molecule has 0 unspecified atom stereocenters. The molecule has 1 aliphatic heterocycles. The summed E-state index contributed by atoms with van der Waals surface area (Å²) >= 11 is 0. The predicted octanol–water partition coefficient (Wildman–Crippen LogP) is 3.99. The van der Waals surface area contributed by atoms with Crippen molar-refractivity contribution in [2.45, 2.75) is 56.9 Å². The van der Waals surface area contributed by atoms with E-state index >= 15 is 0 Å². The molecule has 2 fully saturated rings. The van der Waals surface area contributed by atoms with Crippen LogP contribution in [0.2, 0.25) is 0 Å². The van der Waals surface area contributed by atoms with Gasteiger partial charge in [0.05, 0.1) is 12.7 Å². The number of aryl methyl sites for hydroxylation is 1. The summed E-state index contributed by atoms with van der Waals surface area (Å²) in [5.74, 6) is 1.67. The van der Waals surface area contributed by atoms with Gasteiger partial charge in [0, 0.05) is 44.9 Å². The van der Waals surface area contributed by atoms with Crippen molar-refractivity contribution >= 4 is 0 Å². The maximum absolute atomic E-state index is 6.19. The molecule has 0 radical (unpaired) electrons. The van der Waals surface area contributed by atoms with Crippen LogP contribution in [0, 0.1) is 6.92 Å². The third-order valence-corrected chi connectivity index (χ3v) is 6.44. The quantitative estimate of drug-likeness (QED) is 0.756. The highest BCUT2D eigenvalue weighted by molar-refractivity contribution is 5.36. The molecule has 1 aliphatic carbocycles. The van der Waals surface area contributed by atoms with Crippen LogP contribution < -0.4 is 9.47 Å². The second-order valence-electron chi connectivity index (χ2n) is 7.99. The van der Waals surface area contributed by atoms with Gasteiger partial charge in [-0.2, -0.15) is 0 Å². The van der Waals surface area contributed by atoms with Gasteiger partial charge in [-0.3, -0.25) is 4.90 Å². The zero-order chi connectivity index (χ0) is 19.6. The molecule has 0 amide bonds. The number of ether oxygens (including phenoxy) is 3. The van der Waals surface area contributed by atoms with Crippen molar-refractivity contribution in [2.75, 3.05) is 20.8 Å². The Kier molecular flexibility index (Phi) is 5.56. The first kappa shape index (κ1) is 19.2. The van der Waals surface area contributed by atoms with E-state index in [0.717, 1.165) is 44.5 Å². The fourth-order valence-electron chi connectivity index (χ4n) is 4.84. The highest BCUT2D eigenvalue weighted by Crippen LogP contribution is 2.43. The summed E-state index contributed by atoms with van der Waals surface area (Å²) in [6.45, 7) is 4.03. The minimum absolute atomic E-state index is 0.0568. The fraction of sp³-hybridized carbons (Fsp3) is 0.522. The van der Waals surface area contributed by atoms with Crippen LogP contribution >= 0.6 is 0 Å². The molecule has 0 spiro atoms. The lowest BCUT2D eigenvalue weighted by atomic mass is 9.79. The summed E-state index contributed by atoms with van der Waals surface area (Å²) in [5.41, 5.74) is 2.39. The van der Waals surface area contributed by atoms with Crippen LogP contribution in [0.5, 0.6) is 11.6 Å². The largest absolute Gasteiger partial charge is 0.496 e. The van der Waals surface area contributed by atoms with Crippen LogP contribution in [0.4, 0.5) is 0 Å². The van der Waals surface area contributed by atoms with E-state index in [9.17, 15) is 0 Å². The molecule has 0 bridgehead atoms. The molecular formula is C23H30N2O3. The number of nitrogens with zero attached hydrogens (tertiary/aromatic N) is 2. The molecular weight excluding hydrogens is 352 g/mol. The molecule has 28 heavy (non-hydrogen) atoms. The van der Waals surface area contributed by atoms with Crippen molar-refractivity contribution in [3.05, 3.63) is 53.7 Å². The molecule has 2 aliphatic rings. The first-order chi connectivity index (χ1) is 13.6. The lowest BCUT2D eigenvalue weighted by Gasteiger charge is -2.43. The molecule has 1 aromatic carbocycles. The summed E-state index contributed by atoms with van der Waals surface area (Å²) in [6.07, 6.45) is 6.04. The monoisotopic (exact) mass is 382 g/mol. The highest BCUT2D eigenvalue weighted by Gasteiger charge is 2.51. The maximum atomic E-state index is 6.19. The third kappa shape index (κ3) is 3.74. The Balaban J connectivity index is 1.49. The molecule has 1 saturated carbocycles. The number of rotatable bonds is 6. The minimum Gasteiger partial charge on any atom is -0.496 e. The van der Waals surface area contributed by atoms with E-state index in [1.807, 2.05) is 25.3 Å². The third-order valence-electron chi connectivity index (χ3n) is 6.44. The topological polar surface area (TPSA) is 43.8 Å². The van der Waals surface area contributed by atoms with Gasteiger partial charge in [0.2, 0.25) is 5.88 Å². The van der Waals surface area contributed by atoms with Gasteiger partial charge in [-0.15, -0.1) is 0 Å². The average molecular weight is 383 g/mol. The fourth-order valence-corrected chi connectivity index (χ4v) is 4.84. The van der Waals surface area contributed by atoms with Gasteiger partial charge < -0.3 is 14.2 Å². The molecule has 4 rings (SSSR count). The summed E-state index contributed by atoms with van der Waals surface area (Å²) in [5, 5.41) is 0. The molecule has 5 nitrogen and oxygen atoms in total. The van der Waals surface area contributed by atoms with E-state index in [0.29, 0.717) is 11.9 Å². The Hall–Kier alpha value is -2.11. The van der Waals surface area contributed by atoms with Gasteiger partial charge >= 0.3 is 0 Å². The number of aromatic nitrogens is 1. The lowest BCUT2D eigenvalue weighted by Crippen LogP contribution is -2.52. The summed E-state index contributed by atoms with van der Waals surface area (Å²) < 4.78 is 17.8. The Labute approximate surface area is 167 Å². The molecule has 2 heterocycles. The zero-order valence-corrected chi connectivity index (χ0v) is 17.1. The summed E-state index contributed by atoms with van der Waals surface area (Å²) in [6, 6.07) is 12.7. The van der Waals surface area contributed by atoms with E-state index in [1.165, 1.54) is 11.1 Å². The first-order valence-corrected chi connectivity index (χ1v) is 10.1. The number of hydrogen-bond donors (Lipinski definition) is 0. The Morgan fingerprint density at radius 2 is 2.07 bits per heavy atom. The molecule has 1 saturated heterocycles. The summed E-state index contributed by atoms with van der Waals surface area (Å²) in [4.78, 5) is 6.89. The van der Waals surface area contributed by atoms with Crippen molar-refractivity contribution < 1.29 is 14.2 Å². The van der Waals surface area contributed by atoms with E-state index in [-0.39, 0.29) is 11.7 Å². The number of pyridine rings is 1. The van der Waals surface area contributed by atoms with Crippen LogP contribution in [0.3, 0.4) is 0 Å². The van der Waals surface area contributed by atoms with Crippen molar-refractivity contribution in [2.24, 2.45) is 0 Å². The Morgan fingerprint density at radius 3 is 2.82 bits per heavy atom. The predicted molar refractivity (Wildman–Crippen MR) is 109 cm³/mol. The number of likely N-dealkylation sites (tertiary alicyclic amines) is 1. The van der Waals surface area contributed by atoms with Gasteiger partial charge in [-0.05, 0) is 49.4 Å². The zero-order valence-electron chi connectivity index (χ0n) is 17.1. The number of benzene rings is 1. The SMILES string of the molecule is COc1cc(CN2CC[C@]3(OC)CC[C@H](Oc4ccccn4)C[C@H]23)ccc1C. The van der Waals surface area contributed by atoms with Crippen LogP contribution in [0.25, 0.3) is 0 Å². The smallest absolute Gasteiger partial charge is 0.213 e. The number of hydrogen-bond acceptors (Lipinski definition) is 5. The van der Waals surface area contributed by atoms with E-state index < -0.39 is 0 Å². The normalized spacial score (nSPS) is 27.4. The van der Waals surface area contributed by atoms with E-state index in [1.54, 1.807) is 13.3 Å². The Morgan fingerprint density at radius 1 is 1.18 bits per heavy atom. The summed E-state index contributed by atoms with van der Waals surface area (Å²) in [7, 11) is 3.60. The lowest BCUT2D eigenvalue weighted by molar-refractivity contribution is -0.0843. The van der Waals surface area contributed by atoms with Crippen LogP contribution in [0.1, 0.15) is 36.8 Å². The van der Waals surface area contributed by atoms with Crippen molar-refractivity contribution in [1.29, 1.82) is 0 Å². The molecule has 0 N–H and O–H groups in total. The van der Waals surface area contributed by atoms with Gasteiger partial charge in [0.1, 0.15) is 11.9 Å². The van der Waals surface area contributed by atoms with Crippen LogP contribution in [-0.4, -0.2) is 48.4 Å². The second-order valence-corrected chi connectivity index (χ2v) is 7.99. The van der Waals surface area contributed by atoms with E-state index in [4.69, 9.17) is 14.2 Å². The number of methoxy groups -OCH3 is 2. The molecule has 1 aromatic heterocycles. The van der Waals surface area contributed by atoms with Crippen molar-refractivity contribution in [3.8, 4) is 11.6 Å². The van der Waals surface area contributed by atoms with E-state index in [2.05, 4.69) is 35.0 Å². The minimum atomic E-state index is -0.0568. The van der Waals surface area contributed by atoms with Crippen LogP contribution in [0.15, 0.2) is 42.6 Å². The molecule has 150 valence electrons. The molecule has 2 aromatic rings. The average Bonchev–Trinajstić information content (AvgIpc) is 3.08. The van der Waals surface area contributed by atoms with Gasteiger partial charge in [0.25, 0.3) is 0 Å². The first-order valence-electron chi connectivity index (χ1n) is 10.1. The van der Waals surface area contributed by atoms with Gasteiger partial charge in [-0.1, -0.05) is 18.2 Å². The second kappa shape index (κ2) is 8.10. The maximum Gasteiger partial charge on any atom is 0.213 e. The van der Waals surface area contributed by atoms with Gasteiger partial charge in [-0.25, -0.2) is 4.98 Å². The highest BCUT2D eigenvalue weighted by atomic mass is 16.5. The van der Waals surface area contributed by atoms with Crippen LogP contribution in [-0.2, 0) is 11.3 Å².